The Labute approximate surface area is 132 Å². The van der Waals surface area contributed by atoms with Crippen LogP contribution in [0.1, 0.15) is 33.1 Å². The van der Waals surface area contributed by atoms with Crippen molar-refractivity contribution in [2.75, 3.05) is 11.9 Å². The normalized spacial score (nSPS) is 16.1. The van der Waals surface area contributed by atoms with Crippen LogP contribution in [-0.4, -0.2) is 28.4 Å². The van der Waals surface area contributed by atoms with E-state index >= 15 is 0 Å². The van der Waals surface area contributed by atoms with Crippen LogP contribution >= 0.6 is 15.9 Å². The number of carbonyl (C=O) groups is 1. The van der Waals surface area contributed by atoms with Gasteiger partial charge < -0.3 is 10.1 Å². The Morgan fingerprint density at radius 3 is 2.90 bits per heavy atom. The highest BCUT2D eigenvalue weighted by Crippen LogP contribution is 2.27. The van der Waals surface area contributed by atoms with Crippen molar-refractivity contribution in [2.45, 2.75) is 45.7 Å². The molecule has 7 heteroatoms. The molecule has 1 saturated carbocycles. The molecular formula is C14H20BrN3O3. The van der Waals surface area contributed by atoms with Gasteiger partial charge in [-0.2, -0.15) is 5.10 Å². The molecule has 1 aliphatic carbocycles. The first kappa shape index (κ1) is 16.0. The van der Waals surface area contributed by atoms with Gasteiger partial charge in [0.05, 0.1) is 17.3 Å². The Hall–Kier alpha value is -1.37. The number of aromatic nitrogens is 2. The van der Waals surface area contributed by atoms with E-state index in [1.165, 1.54) is 11.1 Å². The number of anilines is 1. The van der Waals surface area contributed by atoms with Crippen LogP contribution in [0.3, 0.4) is 0 Å². The highest BCUT2D eigenvalue weighted by molar-refractivity contribution is 9.10. The summed E-state index contributed by atoms with van der Waals surface area (Å²) in [6, 6.07) is -0.589. The first-order valence-corrected chi connectivity index (χ1v) is 8.01. The molecule has 21 heavy (non-hydrogen) atoms. The van der Waals surface area contributed by atoms with Crippen LogP contribution in [0.15, 0.2) is 15.5 Å². The summed E-state index contributed by atoms with van der Waals surface area (Å²) in [5.74, 6) is 0.151. The molecule has 0 amide bonds. The van der Waals surface area contributed by atoms with Gasteiger partial charge in [-0.15, -0.1) is 0 Å². The third-order valence-corrected chi connectivity index (χ3v) is 4.26. The Morgan fingerprint density at radius 1 is 1.62 bits per heavy atom. The van der Waals surface area contributed by atoms with Gasteiger partial charge in [-0.05, 0) is 48.5 Å². The van der Waals surface area contributed by atoms with Crippen molar-refractivity contribution in [3.8, 4) is 0 Å². The molecule has 0 aliphatic heterocycles. The molecule has 0 spiro atoms. The molecular weight excluding hydrogens is 338 g/mol. The summed E-state index contributed by atoms with van der Waals surface area (Å²) >= 11 is 3.30. The molecule has 0 saturated heterocycles. The molecule has 1 aromatic rings. The highest BCUT2D eigenvalue weighted by atomic mass is 79.9. The van der Waals surface area contributed by atoms with Crippen LogP contribution in [0.5, 0.6) is 0 Å². The minimum absolute atomic E-state index is 0.215. The van der Waals surface area contributed by atoms with Gasteiger partial charge >= 0.3 is 5.97 Å². The Bertz CT molecular complexity index is 569. The SMILES string of the molecule is CCOC(=O)C(C)Nc1c(Br)cnn(CC2CCC2)c1=O. The number of carbonyl (C=O) groups excluding carboxylic acids is 1. The summed E-state index contributed by atoms with van der Waals surface area (Å²) in [5, 5.41) is 7.07. The van der Waals surface area contributed by atoms with Gasteiger partial charge in [0, 0.05) is 6.54 Å². The fourth-order valence-electron chi connectivity index (χ4n) is 2.19. The van der Waals surface area contributed by atoms with Gasteiger partial charge in [-0.25, -0.2) is 9.48 Å². The molecule has 1 aliphatic rings. The quantitative estimate of drug-likeness (QED) is 0.789. The van der Waals surface area contributed by atoms with Crippen LogP contribution < -0.4 is 10.9 Å². The minimum Gasteiger partial charge on any atom is -0.464 e. The summed E-state index contributed by atoms with van der Waals surface area (Å²) < 4.78 is 6.95. The van der Waals surface area contributed by atoms with E-state index in [0.717, 1.165) is 12.8 Å². The molecule has 1 aromatic heterocycles. The maximum absolute atomic E-state index is 12.4. The lowest BCUT2D eigenvalue weighted by Gasteiger charge is -2.25. The van der Waals surface area contributed by atoms with E-state index in [1.54, 1.807) is 20.0 Å². The van der Waals surface area contributed by atoms with Crippen molar-refractivity contribution in [3.05, 3.63) is 21.0 Å². The number of ether oxygens (including phenoxy) is 1. The fourth-order valence-corrected chi connectivity index (χ4v) is 2.57. The van der Waals surface area contributed by atoms with E-state index in [4.69, 9.17) is 4.74 Å². The van der Waals surface area contributed by atoms with E-state index in [1.807, 2.05) is 0 Å². The van der Waals surface area contributed by atoms with Crippen LogP contribution in [0.25, 0.3) is 0 Å². The fraction of sp³-hybridized carbons (Fsp3) is 0.643. The Morgan fingerprint density at radius 2 is 2.33 bits per heavy atom. The zero-order valence-electron chi connectivity index (χ0n) is 12.3. The first-order valence-electron chi connectivity index (χ1n) is 7.21. The van der Waals surface area contributed by atoms with Crippen LogP contribution in [0.4, 0.5) is 5.69 Å². The second kappa shape index (κ2) is 7.06. The molecule has 1 unspecified atom stereocenters. The number of nitrogens with zero attached hydrogens (tertiary/aromatic N) is 2. The van der Waals surface area contributed by atoms with E-state index in [9.17, 15) is 9.59 Å². The molecule has 116 valence electrons. The number of nitrogens with one attached hydrogen (secondary N) is 1. The molecule has 1 heterocycles. The first-order chi connectivity index (χ1) is 10.0. The standard InChI is InChI=1S/C14H20BrN3O3/c1-3-21-14(20)9(2)17-12-11(15)7-16-18(13(12)19)8-10-5-4-6-10/h7,9-10,17H,3-6,8H2,1-2H3. The van der Waals surface area contributed by atoms with Crippen LogP contribution in [0, 0.1) is 5.92 Å². The molecule has 1 N–H and O–H groups in total. The second-order valence-corrected chi connectivity index (χ2v) is 6.12. The van der Waals surface area contributed by atoms with Crippen LogP contribution in [-0.2, 0) is 16.1 Å². The summed E-state index contributed by atoms with van der Waals surface area (Å²) in [6.07, 6.45) is 5.10. The topological polar surface area (TPSA) is 73.2 Å². The predicted molar refractivity (Wildman–Crippen MR) is 83.3 cm³/mol. The van der Waals surface area contributed by atoms with Gasteiger partial charge in [-0.3, -0.25) is 4.79 Å². The molecule has 1 atom stereocenters. The summed E-state index contributed by atoms with van der Waals surface area (Å²) in [5.41, 5.74) is 0.136. The molecule has 0 aromatic carbocycles. The van der Waals surface area contributed by atoms with Crippen molar-refractivity contribution in [2.24, 2.45) is 5.92 Å². The zero-order chi connectivity index (χ0) is 15.4. The number of rotatable bonds is 6. The average molecular weight is 358 g/mol. The number of hydrogen-bond acceptors (Lipinski definition) is 5. The van der Waals surface area contributed by atoms with Gasteiger partial charge in [0.25, 0.3) is 5.56 Å². The summed E-state index contributed by atoms with van der Waals surface area (Å²) in [7, 11) is 0. The van der Waals surface area contributed by atoms with E-state index in [-0.39, 0.29) is 11.5 Å². The third kappa shape index (κ3) is 3.84. The van der Waals surface area contributed by atoms with Gasteiger partial charge in [0.2, 0.25) is 0 Å². The predicted octanol–water partition coefficient (Wildman–Crippen LogP) is 2.17. The number of esters is 1. The molecule has 0 radical (unpaired) electrons. The van der Waals surface area contributed by atoms with Crippen molar-refractivity contribution in [3.63, 3.8) is 0 Å². The van der Waals surface area contributed by atoms with Crippen molar-refractivity contribution >= 4 is 27.6 Å². The lowest BCUT2D eigenvalue weighted by molar-refractivity contribution is -0.143. The van der Waals surface area contributed by atoms with E-state index < -0.39 is 6.04 Å². The lowest BCUT2D eigenvalue weighted by Crippen LogP contribution is -2.35. The van der Waals surface area contributed by atoms with E-state index in [0.29, 0.717) is 29.2 Å². The van der Waals surface area contributed by atoms with Crippen molar-refractivity contribution in [1.29, 1.82) is 0 Å². The molecule has 1 fully saturated rings. The van der Waals surface area contributed by atoms with Crippen LogP contribution in [0.2, 0.25) is 0 Å². The van der Waals surface area contributed by atoms with Gasteiger partial charge in [0.1, 0.15) is 11.7 Å². The Kier molecular flexibility index (Phi) is 5.39. The largest absolute Gasteiger partial charge is 0.464 e. The minimum atomic E-state index is -0.589. The number of halogens is 1. The maximum atomic E-state index is 12.4. The summed E-state index contributed by atoms with van der Waals surface area (Å²) in [4.78, 5) is 24.1. The third-order valence-electron chi connectivity index (χ3n) is 3.65. The molecule has 2 rings (SSSR count). The monoisotopic (exact) mass is 357 g/mol. The smallest absolute Gasteiger partial charge is 0.328 e. The number of hydrogen-bond donors (Lipinski definition) is 1. The van der Waals surface area contributed by atoms with Crippen molar-refractivity contribution in [1.82, 2.24) is 9.78 Å². The average Bonchev–Trinajstić information content (AvgIpc) is 2.40. The van der Waals surface area contributed by atoms with Gasteiger partial charge in [-0.1, -0.05) is 6.42 Å². The second-order valence-electron chi connectivity index (χ2n) is 5.27. The zero-order valence-corrected chi connectivity index (χ0v) is 13.9. The van der Waals surface area contributed by atoms with Crippen molar-refractivity contribution < 1.29 is 9.53 Å². The molecule has 0 bridgehead atoms. The lowest BCUT2D eigenvalue weighted by atomic mass is 9.85. The molecule has 6 nitrogen and oxygen atoms in total. The van der Waals surface area contributed by atoms with E-state index in [2.05, 4.69) is 26.3 Å². The summed E-state index contributed by atoms with van der Waals surface area (Å²) in [6.45, 7) is 4.36. The van der Waals surface area contributed by atoms with Gasteiger partial charge in [0.15, 0.2) is 0 Å². The Balaban J connectivity index is 2.15. The maximum Gasteiger partial charge on any atom is 0.328 e. The highest BCUT2D eigenvalue weighted by Gasteiger charge is 2.22.